The Morgan fingerprint density at radius 1 is 1.07 bits per heavy atom. The monoisotopic (exact) mass is 426 g/mol. The summed E-state index contributed by atoms with van der Waals surface area (Å²) in [4.78, 5) is 34.8. The number of carbonyl (C=O) groups excluding carboxylic acids is 2. The molecular formula is C23H30N4O2S. The Hall–Kier alpha value is -2.41. The van der Waals surface area contributed by atoms with Crippen LogP contribution < -0.4 is 10.2 Å². The second-order valence-corrected chi connectivity index (χ2v) is 9.16. The molecular weight excluding hydrogens is 396 g/mol. The summed E-state index contributed by atoms with van der Waals surface area (Å²) in [5.74, 6) is 0.944. The third-order valence-corrected chi connectivity index (χ3v) is 6.88. The summed E-state index contributed by atoms with van der Waals surface area (Å²) in [5.41, 5.74) is 1.00. The summed E-state index contributed by atoms with van der Waals surface area (Å²) in [6, 6.07) is 7.85. The number of piperidine rings is 1. The maximum absolute atomic E-state index is 12.7. The summed E-state index contributed by atoms with van der Waals surface area (Å²) in [7, 11) is 0. The maximum atomic E-state index is 12.7. The third-order valence-electron chi connectivity index (χ3n) is 6.02. The minimum Gasteiger partial charge on any atom is -0.357 e. The Balaban J connectivity index is 1.28. The van der Waals surface area contributed by atoms with Crippen molar-refractivity contribution in [1.82, 2.24) is 15.2 Å². The Bertz CT molecular complexity index is 829. The van der Waals surface area contributed by atoms with Crippen LogP contribution in [0.5, 0.6) is 0 Å². The molecule has 1 N–H and O–H groups in total. The standard InChI is InChI=1S/C23H30N4O2S/c28-22(19-7-5-13-27(17-19)23(29)20-8-6-14-30-20)25-16-18-9-10-21(24-15-18)26-11-3-1-2-4-12-26/h6,8-10,14-15,19H,1-5,7,11-13,16-17H2,(H,25,28). The van der Waals surface area contributed by atoms with Gasteiger partial charge < -0.3 is 15.1 Å². The van der Waals surface area contributed by atoms with Gasteiger partial charge >= 0.3 is 0 Å². The minimum absolute atomic E-state index is 0.0234. The van der Waals surface area contributed by atoms with Crippen molar-refractivity contribution in [3.63, 3.8) is 0 Å². The van der Waals surface area contributed by atoms with E-state index in [4.69, 9.17) is 0 Å². The molecule has 2 aliphatic heterocycles. The molecule has 1 atom stereocenters. The quantitative estimate of drug-likeness (QED) is 0.792. The molecule has 2 aliphatic rings. The summed E-state index contributed by atoms with van der Waals surface area (Å²) in [6.07, 6.45) is 8.62. The van der Waals surface area contributed by atoms with Gasteiger partial charge in [0.2, 0.25) is 5.91 Å². The molecule has 0 radical (unpaired) electrons. The molecule has 0 aromatic carbocycles. The highest BCUT2D eigenvalue weighted by Crippen LogP contribution is 2.21. The van der Waals surface area contributed by atoms with Crippen LogP contribution in [-0.4, -0.2) is 47.9 Å². The highest BCUT2D eigenvalue weighted by Gasteiger charge is 2.29. The minimum atomic E-state index is -0.146. The zero-order valence-electron chi connectivity index (χ0n) is 17.4. The van der Waals surface area contributed by atoms with Gasteiger partial charge in [-0.05, 0) is 48.8 Å². The normalized spacial score (nSPS) is 19.9. The van der Waals surface area contributed by atoms with Gasteiger partial charge in [-0.1, -0.05) is 25.0 Å². The van der Waals surface area contributed by atoms with Gasteiger partial charge in [-0.3, -0.25) is 9.59 Å². The Kier molecular flexibility index (Phi) is 7.00. The lowest BCUT2D eigenvalue weighted by molar-refractivity contribution is -0.126. The topological polar surface area (TPSA) is 65.5 Å². The van der Waals surface area contributed by atoms with E-state index in [0.29, 0.717) is 13.1 Å². The van der Waals surface area contributed by atoms with Crippen LogP contribution in [0.2, 0.25) is 0 Å². The second kappa shape index (κ2) is 10.1. The lowest BCUT2D eigenvalue weighted by atomic mass is 9.97. The predicted octanol–water partition coefficient (Wildman–Crippen LogP) is 3.69. The van der Waals surface area contributed by atoms with Crippen LogP contribution in [0.1, 0.15) is 53.8 Å². The largest absolute Gasteiger partial charge is 0.357 e. The predicted molar refractivity (Wildman–Crippen MR) is 120 cm³/mol. The first-order chi connectivity index (χ1) is 14.7. The smallest absolute Gasteiger partial charge is 0.263 e. The fourth-order valence-electron chi connectivity index (χ4n) is 4.27. The molecule has 0 saturated carbocycles. The van der Waals surface area contributed by atoms with Gasteiger partial charge in [-0.15, -0.1) is 11.3 Å². The van der Waals surface area contributed by atoms with Crippen molar-refractivity contribution >= 4 is 29.0 Å². The van der Waals surface area contributed by atoms with E-state index in [1.807, 2.05) is 28.6 Å². The summed E-state index contributed by atoms with van der Waals surface area (Å²) in [6.45, 7) is 3.84. The van der Waals surface area contributed by atoms with E-state index in [2.05, 4.69) is 27.3 Å². The summed E-state index contributed by atoms with van der Waals surface area (Å²) >= 11 is 1.45. The lowest BCUT2D eigenvalue weighted by Crippen LogP contribution is -2.45. The van der Waals surface area contributed by atoms with Crippen LogP contribution in [-0.2, 0) is 11.3 Å². The molecule has 2 aromatic heterocycles. The number of nitrogens with zero attached hydrogens (tertiary/aromatic N) is 3. The first-order valence-electron chi connectivity index (χ1n) is 11.0. The van der Waals surface area contributed by atoms with Gasteiger partial charge in [0.15, 0.2) is 0 Å². The molecule has 6 nitrogen and oxygen atoms in total. The number of amides is 2. The number of carbonyl (C=O) groups is 2. The highest BCUT2D eigenvalue weighted by atomic mass is 32.1. The molecule has 2 saturated heterocycles. The van der Waals surface area contributed by atoms with Crippen molar-refractivity contribution in [3.05, 3.63) is 46.3 Å². The van der Waals surface area contributed by atoms with Gasteiger partial charge in [0.25, 0.3) is 5.91 Å². The number of anilines is 1. The maximum Gasteiger partial charge on any atom is 0.263 e. The molecule has 0 aliphatic carbocycles. The molecule has 1 unspecified atom stereocenters. The van der Waals surface area contributed by atoms with E-state index in [-0.39, 0.29) is 17.7 Å². The highest BCUT2D eigenvalue weighted by molar-refractivity contribution is 7.12. The number of rotatable bonds is 5. The molecule has 160 valence electrons. The van der Waals surface area contributed by atoms with Crippen molar-refractivity contribution in [2.75, 3.05) is 31.1 Å². The van der Waals surface area contributed by atoms with Gasteiger partial charge in [-0.2, -0.15) is 0 Å². The molecule has 2 amide bonds. The van der Waals surface area contributed by atoms with Crippen LogP contribution >= 0.6 is 11.3 Å². The summed E-state index contributed by atoms with van der Waals surface area (Å²) in [5, 5.41) is 4.95. The van der Waals surface area contributed by atoms with Crippen LogP contribution in [0.15, 0.2) is 35.8 Å². The van der Waals surface area contributed by atoms with E-state index < -0.39 is 0 Å². The number of thiophene rings is 1. The third kappa shape index (κ3) is 5.19. The molecule has 30 heavy (non-hydrogen) atoms. The molecule has 4 rings (SSSR count). The fraction of sp³-hybridized carbons (Fsp3) is 0.522. The zero-order valence-corrected chi connectivity index (χ0v) is 18.2. The van der Waals surface area contributed by atoms with Gasteiger partial charge in [0.1, 0.15) is 5.82 Å². The SMILES string of the molecule is O=C(NCc1ccc(N2CCCCCC2)nc1)C1CCCN(C(=O)c2cccs2)C1. The number of nitrogens with one attached hydrogen (secondary N) is 1. The van der Waals surface area contributed by atoms with Crippen molar-refractivity contribution in [3.8, 4) is 0 Å². The van der Waals surface area contributed by atoms with Crippen LogP contribution in [0.25, 0.3) is 0 Å². The van der Waals surface area contributed by atoms with E-state index in [0.717, 1.165) is 48.7 Å². The number of likely N-dealkylation sites (tertiary alicyclic amines) is 1. The summed E-state index contributed by atoms with van der Waals surface area (Å²) < 4.78 is 0. The average Bonchev–Trinajstić information content (AvgIpc) is 3.20. The van der Waals surface area contributed by atoms with Gasteiger partial charge in [0.05, 0.1) is 10.8 Å². The molecule has 0 spiro atoms. The first-order valence-corrected chi connectivity index (χ1v) is 11.9. The number of hydrogen-bond donors (Lipinski definition) is 1. The van der Waals surface area contributed by atoms with E-state index >= 15 is 0 Å². The number of hydrogen-bond acceptors (Lipinski definition) is 5. The second-order valence-electron chi connectivity index (χ2n) is 8.21. The van der Waals surface area contributed by atoms with Crippen LogP contribution in [0.4, 0.5) is 5.82 Å². The molecule has 7 heteroatoms. The first kappa shape index (κ1) is 20.8. The number of aromatic nitrogens is 1. The molecule has 2 aromatic rings. The Morgan fingerprint density at radius 2 is 1.90 bits per heavy atom. The Labute approximate surface area is 182 Å². The van der Waals surface area contributed by atoms with Gasteiger partial charge in [0, 0.05) is 38.9 Å². The van der Waals surface area contributed by atoms with E-state index in [1.54, 1.807) is 0 Å². The van der Waals surface area contributed by atoms with Crippen molar-refractivity contribution < 1.29 is 9.59 Å². The average molecular weight is 427 g/mol. The van der Waals surface area contributed by atoms with Crippen molar-refractivity contribution in [1.29, 1.82) is 0 Å². The Morgan fingerprint density at radius 3 is 2.60 bits per heavy atom. The number of pyridine rings is 1. The van der Waals surface area contributed by atoms with E-state index in [9.17, 15) is 9.59 Å². The van der Waals surface area contributed by atoms with Crippen molar-refractivity contribution in [2.24, 2.45) is 5.92 Å². The van der Waals surface area contributed by atoms with Crippen molar-refractivity contribution in [2.45, 2.75) is 45.1 Å². The fourth-order valence-corrected chi connectivity index (χ4v) is 4.96. The molecule has 4 heterocycles. The lowest BCUT2D eigenvalue weighted by Gasteiger charge is -2.31. The van der Waals surface area contributed by atoms with Crippen LogP contribution in [0, 0.1) is 5.92 Å². The van der Waals surface area contributed by atoms with E-state index in [1.165, 1.54) is 37.0 Å². The van der Waals surface area contributed by atoms with Gasteiger partial charge in [-0.25, -0.2) is 4.98 Å². The molecule has 2 fully saturated rings. The zero-order chi connectivity index (χ0) is 20.8. The molecule has 0 bridgehead atoms. The van der Waals surface area contributed by atoms with Crippen LogP contribution in [0.3, 0.4) is 0 Å².